The molecule has 2 aliphatic heterocycles. The summed E-state index contributed by atoms with van der Waals surface area (Å²) in [5.74, 6) is 0.0285. The molecule has 0 atom stereocenters. The van der Waals surface area contributed by atoms with Crippen LogP contribution >= 0.6 is 0 Å². The predicted octanol–water partition coefficient (Wildman–Crippen LogP) is 1.19. The van der Waals surface area contributed by atoms with Crippen molar-refractivity contribution in [1.29, 1.82) is 0 Å². The monoisotopic (exact) mass is 397 g/mol. The fourth-order valence-electron chi connectivity index (χ4n) is 4.39. The number of hydrogen-bond acceptors (Lipinski definition) is 3. The fourth-order valence-corrected chi connectivity index (χ4v) is 4.39. The molecule has 2 fully saturated rings. The molecule has 2 heterocycles. The van der Waals surface area contributed by atoms with Gasteiger partial charge in [-0.15, -0.1) is 0 Å². The number of para-hydroxylation sites is 2. The minimum absolute atomic E-state index is 0.191. The molecule has 5 nitrogen and oxygen atoms in total. The maximum Gasteiger partial charge on any atom is 0.277 e. The van der Waals surface area contributed by atoms with Gasteiger partial charge in [-0.25, -0.2) is 4.39 Å². The topological polar surface area (TPSA) is 31.2 Å². The van der Waals surface area contributed by atoms with Crippen molar-refractivity contribution < 1.29 is 14.1 Å². The van der Waals surface area contributed by atoms with E-state index in [-0.39, 0.29) is 11.7 Å². The van der Waals surface area contributed by atoms with E-state index in [2.05, 4.69) is 36.1 Å². The lowest BCUT2D eigenvalue weighted by Gasteiger charge is -2.38. The zero-order valence-electron chi connectivity index (χ0n) is 17.1. The van der Waals surface area contributed by atoms with Crippen LogP contribution in [0.5, 0.6) is 0 Å². The summed E-state index contributed by atoms with van der Waals surface area (Å²) in [7, 11) is 0. The van der Waals surface area contributed by atoms with Crippen LogP contribution in [0.1, 0.15) is 5.56 Å². The Balaban J connectivity index is 1.25. The molecule has 2 aliphatic rings. The van der Waals surface area contributed by atoms with E-state index in [0.717, 1.165) is 26.2 Å². The number of halogens is 1. The number of anilines is 2. The summed E-state index contributed by atoms with van der Waals surface area (Å²) in [6, 6.07) is 15.4. The molecule has 0 bridgehead atoms. The lowest BCUT2D eigenvalue weighted by Crippen LogP contribution is -3.16. The highest BCUT2D eigenvalue weighted by Crippen LogP contribution is 2.20. The first-order valence-electron chi connectivity index (χ1n) is 10.5. The van der Waals surface area contributed by atoms with Gasteiger partial charge in [0.1, 0.15) is 5.82 Å². The van der Waals surface area contributed by atoms with E-state index in [1.807, 2.05) is 21.9 Å². The number of piperazine rings is 2. The van der Waals surface area contributed by atoms with Crippen molar-refractivity contribution in [3.05, 3.63) is 59.9 Å². The number of nitrogens with one attached hydrogen (secondary N) is 1. The van der Waals surface area contributed by atoms with E-state index in [4.69, 9.17) is 0 Å². The predicted molar refractivity (Wildman–Crippen MR) is 114 cm³/mol. The molecule has 0 radical (unpaired) electrons. The number of carbonyl (C=O) groups excluding carboxylic acids is 1. The number of rotatable bonds is 4. The largest absolute Gasteiger partial charge is 0.366 e. The quantitative estimate of drug-likeness (QED) is 0.841. The van der Waals surface area contributed by atoms with Crippen LogP contribution in [0.3, 0.4) is 0 Å². The molecule has 29 heavy (non-hydrogen) atoms. The maximum atomic E-state index is 14.0. The second kappa shape index (κ2) is 8.82. The van der Waals surface area contributed by atoms with Gasteiger partial charge in [-0.1, -0.05) is 30.3 Å². The van der Waals surface area contributed by atoms with Gasteiger partial charge in [0, 0.05) is 31.9 Å². The van der Waals surface area contributed by atoms with Crippen LogP contribution in [0.25, 0.3) is 0 Å². The molecule has 6 heteroatoms. The normalized spacial score (nSPS) is 18.2. The van der Waals surface area contributed by atoms with Crippen molar-refractivity contribution in [2.24, 2.45) is 0 Å². The minimum Gasteiger partial charge on any atom is -0.366 e. The zero-order chi connectivity index (χ0) is 20.2. The fraction of sp³-hybridized carbons (Fsp3) is 0.435. The number of quaternary nitrogens is 1. The highest BCUT2D eigenvalue weighted by molar-refractivity contribution is 5.77. The zero-order valence-corrected chi connectivity index (χ0v) is 17.1. The molecule has 2 aromatic rings. The summed E-state index contributed by atoms with van der Waals surface area (Å²) in [5, 5.41) is 0. The summed E-state index contributed by atoms with van der Waals surface area (Å²) in [6.07, 6.45) is 0. The van der Waals surface area contributed by atoms with Gasteiger partial charge >= 0.3 is 0 Å². The van der Waals surface area contributed by atoms with Crippen LogP contribution in [-0.4, -0.2) is 69.7 Å². The Morgan fingerprint density at radius 1 is 0.862 bits per heavy atom. The number of aryl methyl sites for hydroxylation is 1. The van der Waals surface area contributed by atoms with Crippen molar-refractivity contribution in [3.63, 3.8) is 0 Å². The van der Waals surface area contributed by atoms with Gasteiger partial charge in [0.2, 0.25) is 0 Å². The van der Waals surface area contributed by atoms with Gasteiger partial charge < -0.3 is 19.6 Å². The summed E-state index contributed by atoms with van der Waals surface area (Å²) in [4.78, 5) is 20.5. The average Bonchev–Trinajstić information content (AvgIpc) is 2.75. The molecule has 154 valence electrons. The smallest absolute Gasteiger partial charge is 0.277 e. The molecule has 0 unspecified atom stereocenters. The molecule has 2 saturated heterocycles. The highest BCUT2D eigenvalue weighted by atomic mass is 19.1. The highest BCUT2D eigenvalue weighted by Gasteiger charge is 2.28. The third-order valence-corrected chi connectivity index (χ3v) is 6.15. The second-order valence-electron chi connectivity index (χ2n) is 8.02. The Morgan fingerprint density at radius 2 is 1.45 bits per heavy atom. The van der Waals surface area contributed by atoms with Crippen LogP contribution in [0, 0.1) is 12.7 Å². The maximum absolute atomic E-state index is 14.0. The molecule has 0 aliphatic carbocycles. The van der Waals surface area contributed by atoms with E-state index in [1.165, 1.54) is 22.2 Å². The lowest BCUT2D eigenvalue weighted by atomic mass is 10.1. The third kappa shape index (κ3) is 4.53. The van der Waals surface area contributed by atoms with Gasteiger partial charge in [-0.3, -0.25) is 4.79 Å². The van der Waals surface area contributed by atoms with Gasteiger partial charge in [0.05, 0.1) is 31.9 Å². The first kappa shape index (κ1) is 19.7. The van der Waals surface area contributed by atoms with Crippen molar-refractivity contribution in [2.75, 3.05) is 68.7 Å². The van der Waals surface area contributed by atoms with Crippen LogP contribution < -0.4 is 14.7 Å². The molecule has 2 aromatic carbocycles. The Hall–Kier alpha value is -2.60. The Morgan fingerprint density at radius 3 is 2.10 bits per heavy atom. The van der Waals surface area contributed by atoms with Crippen molar-refractivity contribution in [2.45, 2.75) is 6.92 Å². The first-order valence-corrected chi connectivity index (χ1v) is 10.5. The van der Waals surface area contributed by atoms with Crippen molar-refractivity contribution >= 4 is 17.3 Å². The van der Waals surface area contributed by atoms with E-state index < -0.39 is 0 Å². The van der Waals surface area contributed by atoms with E-state index in [1.54, 1.807) is 6.07 Å². The molecule has 1 N–H and O–H groups in total. The molecule has 0 saturated carbocycles. The van der Waals surface area contributed by atoms with Crippen LogP contribution in [-0.2, 0) is 4.79 Å². The van der Waals surface area contributed by atoms with Gasteiger partial charge in [-0.05, 0) is 30.7 Å². The van der Waals surface area contributed by atoms with Crippen LogP contribution in [0.4, 0.5) is 15.8 Å². The Bertz CT molecular complexity index is 842. The summed E-state index contributed by atoms with van der Waals surface area (Å²) >= 11 is 0. The third-order valence-electron chi connectivity index (χ3n) is 6.15. The molecule has 4 rings (SSSR count). The second-order valence-corrected chi connectivity index (χ2v) is 8.02. The van der Waals surface area contributed by atoms with Crippen LogP contribution in [0.2, 0.25) is 0 Å². The number of benzene rings is 2. The number of hydrogen-bond donors (Lipinski definition) is 1. The van der Waals surface area contributed by atoms with E-state index >= 15 is 0 Å². The average molecular weight is 398 g/mol. The van der Waals surface area contributed by atoms with Gasteiger partial charge in [-0.2, -0.15) is 0 Å². The molecule has 1 amide bonds. The molecule has 0 spiro atoms. The standard InChI is InChI=1S/C23H29FN4O/c1-19-6-2-4-8-21(19)26-12-10-25(11-13-26)18-23(29)28-16-14-27(15-17-28)22-9-5-3-7-20(22)24/h2-9H,10-18H2,1H3/p+1. The first-order chi connectivity index (χ1) is 14.1. The summed E-state index contributed by atoms with van der Waals surface area (Å²) in [6.45, 7) is 9.33. The minimum atomic E-state index is -0.191. The number of nitrogens with zero attached hydrogens (tertiary/aromatic N) is 3. The van der Waals surface area contributed by atoms with Gasteiger partial charge in [0.15, 0.2) is 6.54 Å². The number of amides is 1. The SMILES string of the molecule is Cc1ccccc1N1CC[NH+](CC(=O)N2CCN(c3ccccc3F)CC2)CC1. The number of carbonyl (C=O) groups is 1. The Labute approximate surface area is 172 Å². The van der Waals surface area contributed by atoms with Crippen molar-refractivity contribution in [1.82, 2.24) is 4.90 Å². The van der Waals surface area contributed by atoms with Gasteiger partial charge in [0.25, 0.3) is 5.91 Å². The Kier molecular flexibility index (Phi) is 6.00. The van der Waals surface area contributed by atoms with Crippen LogP contribution in [0.15, 0.2) is 48.5 Å². The van der Waals surface area contributed by atoms with E-state index in [0.29, 0.717) is 38.4 Å². The summed E-state index contributed by atoms with van der Waals surface area (Å²) < 4.78 is 14.0. The molecule has 0 aromatic heterocycles. The molecular formula is C23H30FN4O+. The van der Waals surface area contributed by atoms with E-state index in [9.17, 15) is 9.18 Å². The lowest BCUT2D eigenvalue weighted by molar-refractivity contribution is -0.892. The molecular weight excluding hydrogens is 367 g/mol. The summed E-state index contributed by atoms with van der Waals surface area (Å²) in [5.41, 5.74) is 3.25. The van der Waals surface area contributed by atoms with Crippen molar-refractivity contribution in [3.8, 4) is 0 Å².